The summed E-state index contributed by atoms with van der Waals surface area (Å²) < 4.78 is 0. The average molecular weight is 243 g/mol. The van der Waals surface area contributed by atoms with Crippen molar-refractivity contribution in [3.05, 3.63) is 16.8 Å². The van der Waals surface area contributed by atoms with Crippen LogP contribution in [0.25, 0.3) is 0 Å². The predicted molar refractivity (Wildman–Crippen MR) is 59.1 cm³/mol. The van der Waals surface area contributed by atoms with E-state index in [1.54, 1.807) is 0 Å². The number of carbonyl (C=O) groups is 1. The van der Waals surface area contributed by atoms with Gasteiger partial charge in [0, 0.05) is 26.2 Å². The number of rotatable bonds is 2. The van der Waals surface area contributed by atoms with Crippen molar-refractivity contribution in [2.24, 2.45) is 0 Å². The molecule has 0 amide bonds. The summed E-state index contributed by atoms with van der Waals surface area (Å²) in [6, 6.07) is 1.33. The Balaban J connectivity index is 2.34. The maximum atomic E-state index is 11.0. The fraction of sp³-hybridized carbons (Fsp3) is 0.444. The maximum Gasteiger partial charge on any atom is 0.339 e. The molecule has 0 bridgehead atoms. The lowest BCUT2D eigenvalue weighted by atomic mass is 10.2. The number of aromatic nitrogens is 2. The third kappa shape index (κ3) is 2.23. The Morgan fingerprint density at radius 2 is 2.12 bits per heavy atom. The smallest absolute Gasteiger partial charge is 0.339 e. The van der Waals surface area contributed by atoms with E-state index < -0.39 is 5.97 Å². The van der Waals surface area contributed by atoms with Crippen LogP contribution >= 0.6 is 11.6 Å². The highest BCUT2D eigenvalue weighted by atomic mass is 35.5. The van der Waals surface area contributed by atoms with Gasteiger partial charge in [-0.1, -0.05) is 11.6 Å². The van der Waals surface area contributed by atoms with Gasteiger partial charge in [-0.15, -0.1) is 10.2 Å². The number of carboxylic acids is 1. The summed E-state index contributed by atoms with van der Waals surface area (Å²) in [5.74, 6) is -0.649. The van der Waals surface area contributed by atoms with Crippen LogP contribution in [0.4, 0.5) is 5.82 Å². The van der Waals surface area contributed by atoms with Crippen molar-refractivity contribution in [1.82, 2.24) is 15.5 Å². The van der Waals surface area contributed by atoms with Crippen LogP contribution in [-0.4, -0.2) is 47.5 Å². The number of halogens is 1. The lowest BCUT2D eigenvalue weighted by Crippen LogP contribution is -2.44. The first kappa shape index (κ1) is 11.1. The fourth-order valence-electron chi connectivity index (χ4n) is 1.63. The lowest BCUT2D eigenvalue weighted by Gasteiger charge is -2.28. The molecule has 2 rings (SSSR count). The van der Waals surface area contributed by atoms with E-state index in [9.17, 15) is 4.79 Å². The molecule has 1 fully saturated rings. The van der Waals surface area contributed by atoms with E-state index in [-0.39, 0.29) is 10.7 Å². The highest BCUT2D eigenvalue weighted by molar-refractivity contribution is 6.29. The number of nitrogens with one attached hydrogen (secondary N) is 1. The number of piperazine rings is 1. The molecule has 2 N–H and O–H groups in total. The fourth-order valence-corrected chi connectivity index (χ4v) is 1.78. The molecule has 0 atom stereocenters. The molecular formula is C9H11ClN4O2. The highest BCUT2D eigenvalue weighted by Gasteiger charge is 2.20. The number of carboxylic acid groups (broad SMARTS) is 1. The van der Waals surface area contributed by atoms with E-state index in [0.29, 0.717) is 5.82 Å². The van der Waals surface area contributed by atoms with Gasteiger partial charge in [-0.05, 0) is 6.07 Å². The summed E-state index contributed by atoms with van der Waals surface area (Å²) >= 11 is 5.63. The zero-order valence-corrected chi connectivity index (χ0v) is 9.24. The molecule has 1 aromatic rings. The summed E-state index contributed by atoms with van der Waals surface area (Å²) in [5, 5.41) is 19.9. The standard InChI is InChI=1S/C9H11ClN4O2/c10-7-5-6(9(15)16)8(13-12-7)14-3-1-11-2-4-14/h5,11H,1-4H2,(H,15,16). The van der Waals surface area contributed by atoms with E-state index in [1.165, 1.54) is 6.07 Å². The molecule has 1 aromatic heterocycles. The molecule has 6 nitrogen and oxygen atoms in total. The normalized spacial score (nSPS) is 16.2. The molecule has 1 aliphatic rings. The van der Waals surface area contributed by atoms with Crippen LogP contribution in [0, 0.1) is 0 Å². The second kappa shape index (κ2) is 4.63. The third-order valence-corrected chi connectivity index (χ3v) is 2.58. The average Bonchev–Trinajstić information content (AvgIpc) is 2.30. The van der Waals surface area contributed by atoms with Gasteiger partial charge in [0.1, 0.15) is 5.56 Å². The Morgan fingerprint density at radius 3 is 2.75 bits per heavy atom. The number of anilines is 1. The first-order valence-electron chi connectivity index (χ1n) is 4.90. The van der Waals surface area contributed by atoms with Gasteiger partial charge in [0.2, 0.25) is 0 Å². The zero-order valence-electron chi connectivity index (χ0n) is 8.48. The van der Waals surface area contributed by atoms with Crippen LogP contribution in [0.3, 0.4) is 0 Å². The van der Waals surface area contributed by atoms with Gasteiger partial charge in [0.25, 0.3) is 0 Å². The van der Waals surface area contributed by atoms with E-state index in [1.807, 2.05) is 4.90 Å². The first-order valence-corrected chi connectivity index (χ1v) is 5.28. The molecule has 0 aromatic carbocycles. The summed E-state index contributed by atoms with van der Waals surface area (Å²) in [7, 11) is 0. The highest BCUT2D eigenvalue weighted by Crippen LogP contribution is 2.19. The Hall–Kier alpha value is -1.40. The Labute approximate surface area is 97.2 Å². The van der Waals surface area contributed by atoms with E-state index >= 15 is 0 Å². The minimum atomic E-state index is -1.04. The monoisotopic (exact) mass is 242 g/mol. The van der Waals surface area contributed by atoms with Crippen molar-refractivity contribution < 1.29 is 9.90 Å². The second-order valence-electron chi connectivity index (χ2n) is 3.45. The van der Waals surface area contributed by atoms with Gasteiger partial charge in [0.05, 0.1) is 0 Å². The molecule has 0 spiro atoms. The topological polar surface area (TPSA) is 78.3 Å². The van der Waals surface area contributed by atoms with Crippen molar-refractivity contribution >= 4 is 23.4 Å². The molecule has 16 heavy (non-hydrogen) atoms. The van der Waals surface area contributed by atoms with E-state index in [0.717, 1.165) is 26.2 Å². The molecule has 1 aliphatic heterocycles. The Bertz CT molecular complexity index is 406. The summed E-state index contributed by atoms with van der Waals surface area (Å²) in [6.07, 6.45) is 0. The van der Waals surface area contributed by atoms with Gasteiger partial charge in [-0.2, -0.15) is 0 Å². The Kier molecular flexibility index (Phi) is 3.21. The lowest BCUT2D eigenvalue weighted by molar-refractivity contribution is 0.0697. The van der Waals surface area contributed by atoms with Crippen molar-refractivity contribution in [2.75, 3.05) is 31.1 Å². The molecule has 2 heterocycles. The van der Waals surface area contributed by atoms with Crippen LogP contribution in [0.1, 0.15) is 10.4 Å². The number of aromatic carboxylic acids is 1. The van der Waals surface area contributed by atoms with Crippen LogP contribution < -0.4 is 10.2 Å². The van der Waals surface area contributed by atoms with Crippen molar-refractivity contribution in [2.45, 2.75) is 0 Å². The minimum Gasteiger partial charge on any atom is -0.478 e. The summed E-state index contributed by atoms with van der Waals surface area (Å²) in [5.41, 5.74) is 0.0990. The van der Waals surface area contributed by atoms with Crippen LogP contribution in [0.2, 0.25) is 5.15 Å². The molecule has 7 heteroatoms. The van der Waals surface area contributed by atoms with Gasteiger partial charge < -0.3 is 15.3 Å². The third-order valence-electron chi connectivity index (χ3n) is 2.39. The maximum absolute atomic E-state index is 11.0. The Morgan fingerprint density at radius 1 is 1.44 bits per heavy atom. The SMILES string of the molecule is O=C(O)c1cc(Cl)nnc1N1CCNCC1. The molecule has 0 radical (unpaired) electrons. The van der Waals surface area contributed by atoms with E-state index in [4.69, 9.17) is 16.7 Å². The van der Waals surface area contributed by atoms with Crippen LogP contribution in [-0.2, 0) is 0 Å². The number of nitrogens with zero attached hydrogens (tertiary/aromatic N) is 3. The van der Waals surface area contributed by atoms with E-state index in [2.05, 4.69) is 15.5 Å². The molecule has 86 valence electrons. The molecule has 0 unspecified atom stereocenters. The van der Waals surface area contributed by atoms with Crippen LogP contribution in [0.5, 0.6) is 0 Å². The zero-order chi connectivity index (χ0) is 11.5. The second-order valence-corrected chi connectivity index (χ2v) is 3.83. The molecule has 0 saturated carbocycles. The minimum absolute atomic E-state index is 0.0938. The van der Waals surface area contributed by atoms with Crippen molar-refractivity contribution in [1.29, 1.82) is 0 Å². The molecule has 0 aliphatic carbocycles. The van der Waals surface area contributed by atoms with Crippen molar-refractivity contribution in [3.8, 4) is 0 Å². The van der Waals surface area contributed by atoms with Crippen LogP contribution in [0.15, 0.2) is 6.07 Å². The van der Waals surface area contributed by atoms with Gasteiger partial charge in [-0.3, -0.25) is 0 Å². The summed E-state index contributed by atoms with van der Waals surface area (Å²) in [6.45, 7) is 3.06. The van der Waals surface area contributed by atoms with Gasteiger partial charge in [-0.25, -0.2) is 4.79 Å². The summed E-state index contributed by atoms with van der Waals surface area (Å²) in [4.78, 5) is 12.9. The largest absolute Gasteiger partial charge is 0.478 e. The first-order chi connectivity index (χ1) is 7.68. The quantitative estimate of drug-likeness (QED) is 0.774. The molecular weight excluding hydrogens is 232 g/mol. The van der Waals surface area contributed by atoms with Gasteiger partial charge in [0.15, 0.2) is 11.0 Å². The molecule has 1 saturated heterocycles. The number of hydrogen-bond acceptors (Lipinski definition) is 5. The van der Waals surface area contributed by atoms with Crippen molar-refractivity contribution in [3.63, 3.8) is 0 Å². The van der Waals surface area contributed by atoms with Gasteiger partial charge >= 0.3 is 5.97 Å². The number of hydrogen-bond donors (Lipinski definition) is 2. The predicted octanol–water partition coefficient (Wildman–Crippen LogP) is 0.238.